The van der Waals surface area contributed by atoms with E-state index < -0.39 is 6.10 Å². The molecule has 3 rings (SSSR count). The lowest BCUT2D eigenvalue weighted by Crippen LogP contribution is -2.49. The van der Waals surface area contributed by atoms with Crippen molar-refractivity contribution >= 4 is 28.3 Å². The molecule has 0 saturated carbocycles. The summed E-state index contributed by atoms with van der Waals surface area (Å²) in [4.78, 5) is 4.65. The van der Waals surface area contributed by atoms with Gasteiger partial charge >= 0.3 is 0 Å². The Kier molecular flexibility index (Phi) is 6.39. The SMILES string of the molecule is Oc1ccc(OC[C@@H](O)CN2CCN(c3ccc(I)cc3)CC2)cc1. The second-order valence-electron chi connectivity index (χ2n) is 6.22. The monoisotopic (exact) mass is 454 g/mol. The van der Waals surface area contributed by atoms with Gasteiger partial charge in [0.2, 0.25) is 0 Å². The topological polar surface area (TPSA) is 56.2 Å². The third-order valence-corrected chi connectivity index (χ3v) is 5.03. The number of aliphatic hydroxyl groups excluding tert-OH is 1. The molecule has 0 radical (unpaired) electrons. The zero-order chi connectivity index (χ0) is 17.6. The maximum Gasteiger partial charge on any atom is 0.119 e. The van der Waals surface area contributed by atoms with Crippen molar-refractivity contribution in [3.8, 4) is 11.5 Å². The molecule has 0 aliphatic carbocycles. The summed E-state index contributed by atoms with van der Waals surface area (Å²) in [6.45, 7) is 4.66. The lowest BCUT2D eigenvalue weighted by atomic mass is 10.2. The van der Waals surface area contributed by atoms with E-state index >= 15 is 0 Å². The average molecular weight is 454 g/mol. The highest BCUT2D eigenvalue weighted by molar-refractivity contribution is 14.1. The van der Waals surface area contributed by atoms with Crippen LogP contribution in [0.4, 0.5) is 5.69 Å². The fourth-order valence-electron chi connectivity index (χ4n) is 2.93. The van der Waals surface area contributed by atoms with Crippen LogP contribution in [-0.4, -0.2) is 60.5 Å². The van der Waals surface area contributed by atoms with E-state index in [0.29, 0.717) is 12.3 Å². The normalized spacial score (nSPS) is 16.6. The fraction of sp³-hybridized carbons (Fsp3) is 0.368. The van der Waals surface area contributed by atoms with Crippen molar-refractivity contribution in [1.29, 1.82) is 0 Å². The van der Waals surface area contributed by atoms with Crippen LogP contribution in [-0.2, 0) is 0 Å². The van der Waals surface area contributed by atoms with Crippen molar-refractivity contribution in [2.24, 2.45) is 0 Å². The second kappa shape index (κ2) is 8.73. The first kappa shape index (κ1) is 18.3. The van der Waals surface area contributed by atoms with Gasteiger partial charge < -0.3 is 19.8 Å². The zero-order valence-corrected chi connectivity index (χ0v) is 16.2. The lowest BCUT2D eigenvalue weighted by Gasteiger charge is -2.36. The Balaban J connectivity index is 1.40. The van der Waals surface area contributed by atoms with Gasteiger partial charge in [-0.15, -0.1) is 0 Å². The highest BCUT2D eigenvalue weighted by atomic mass is 127. The molecular weight excluding hydrogens is 431 g/mol. The number of phenols is 1. The summed E-state index contributed by atoms with van der Waals surface area (Å²) < 4.78 is 6.81. The predicted molar refractivity (Wildman–Crippen MR) is 107 cm³/mol. The third-order valence-electron chi connectivity index (χ3n) is 4.31. The molecule has 25 heavy (non-hydrogen) atoms. The van der Waals surface area contributed by atoms with Crippen molar-refractivity contribution < 1.29 is 14.9 Å². The van der Waals surface area contributed by atoms with Gasteiger partial charge in [-0.05, 0) is 71.1 Å². The van der Waals surface area contributed by atoms with Crippen LogP contribution in [0.25, 0.3) is 0 Å². The van der Waals surface area contributed by atoms with Gasteiger partial charge in [0.15, 0.2) is 0 Å². The van der Waals surface area contributed by atoms with Crippen molar-refractivity contribution in [2.75, 3.05) is 44.2 Å². The van der Waals surface area contributed by atoms with Gasteiger partial charge in [-0.3, -0.25) is 4.90 Å². The summed E-state index contributed by atoms with van der Waals surface area (Å²) >= 11 is 2.32. The van der Waals surface area contributed by atoms with E-state index in [1.807, 2.05) is 0 Å². The molecule has 0 amide bonds. The number of rotatable bonds is 6. The Labute approximate surface area is 162 Å². The van der Waals surface area contributed by atoms with E-state index in [1.54, 1.807) is 24.3 Å². The molecule has 1 fully saturated rings. The number of β-amino-alcohol motifs (C(OH)–C–C–N with tert-alkyl or cyclic N) is 1. The molecule has 2 aromatic rings. The van der Waals surface area contributed by atoms with Crippen LogP contribution in [0.2, 0.25) is 0 Å². The van der Waals surface area contributed by atoms with E-state index in [1.165, 1.54) is 9.26 Å². The van der Waals surface area contributed by atoms with Gasteiger partial charge in [0.1, 0.15) is 24.2 Å². The first-order valence-corrected chi connectivity index (χ1v) is 9.51. The minimum absolute atomic E-state index is 0.207. The van der Waals surface area contributed by atoms with Crippen LogP contribution >= 0.6 is 22.6 Å². The molecule has 1 heterocycles. The Morgan fingerprint density at radius 2 is 1.60 bits per heavy atom. The van der Waals surface area contributed by atoms with Crippen LogP contribution in [0.5, 0.6) is 11.5 Å². The Hall–Kier alpha value is -1.51. The minimum Gasteiger partial charge on any atom is -0.508 e. The number of anilines is 1. The van der Waals surface area contributed by atoms with E-state index in [9.17, 15) is 10.2 Å². The molecule has 1 aliphatic rings. The quantitative estimate of drug-likeness (QED) is 0.658. The Morgan fingerprint density at radius 3 is 2.24 bits per heavy atom. The van der Waals surface area contributed by atoms with E-state index in [-0.39, 0.29) is 12.4 Å². The van der Waals surface area contributed by atoms with E-state index in [2.05, 4.69) is 56.7 Å². The number of benzene rings is 2. The molecule has 2 N–H and O–H groups in total. The van der Waals surface area contributed by atoms with E-state index in [4.69, 9.17) is 4.74 Å². The van der Waals surface area contributed by atoms with Gasteiger partial charge in [0.25, 0.3) is 0 Å². The fourth-order valence-corrected chi connectivity index (χ4v) is 3.29. The molecule has 0 aromatic heterocycles. The van der Waals surface area contributed by atoms with Crippen LogP contribution in [0.3, 0.4) is 0 Å². The predicted octanol–water partition coefficient (Wildman–Crippen LogP) is 2.56. The van der Waals surface area contributed by atoms with Crippen LogP contribution in [0.1, 0.15) is 0 Å². The number of halogens is 1. The van der Waals surface area contributed by atoms with Gasteiger partial charge in [-0.2, -0.15) is 0 Å². The molecular formula is C19H23IN2O3. The summed E-state index contributed by atoms with van der Waals surface area (Å²) in [5.74, 6) is 0.860. The third kappa shape index (κ3) is 5.49. The molecule has 134 valence electrons. The maximum atomic E-state index is 10.2. The molecule has 1 aliphatic heterocycles. The lowest BCUT2D eigenvalue weighted by molar-refractivity contribution is 0.0663. The number of piperazine rings is 1. The standard InChI is InChI=1S/C19H23IN2O3/c20-15-1-3-16(4-2-15)22-11-9-21(10-12-22)13-18(24)14-25-19-7-5-17(23)6-8-19/h1-8,18,23-24H,9-14H2/t18-/m0/s1. The number of aromatic hydroxyl groups is 1. The second-order valence-corrected chi connectivity index (χ2v) is 7.47. The van der Waals surface area contributed by atoms with Gasteiger partial charge in [-0.1, -0.05) is 0 Å². The molecule has 0 unspecified atom stereocenters. The summed E-state index contributed by atoms with van der Waals surface area (Å²) in [5.41, 5.74) is 1.26. The van der Waals surface area contributed by atoms with Gasteiger partial charge in [0, 0.05) is 42.0 Å². The van der Waals surface area contributed by atoms with Crippen molar-refractivity contribution in [2.45, 2.75) is 6.10 Å². The van der Waals surface area contributed by atoms with Crippen molar-refractivity contribution in [1.82, 2.24) is 4.90 Å². The molecule has 6 heteroatoms. The molecule has 1 atom stereocenters. The first-order valence-electron chi connectivity index (χ1n) is 8.43. The van der Waals surface area contributed by atoms with Crippen LogP contribution in [0.15, 0.2) is 48.5 Å². The number of phenolic OH excluding ortho intramolecular Hbond substituents is 1. The number of nitrogens with zero attached hydrogens (tertiary/aromatic N) is 2. The summed E-state index contributed by atoms with van der Waals surface area (Å²) in [7, 11) is 0. The Morgan fingerprint density at radius 1 is 0.960 bits per heavy atom. The molecule has 0 bridgehead atoms. The number of hydrogen-bond donors (Lipinski definition) is 2. The summed E-state index contributed by atoms with van der Waals surface area (Å²) in [5, 5.41) is 19.5. The Bertz CT molecular complexity index is 655. The highest BCUT2D eigenvalue weighted by Crippen LogP contribution is 2.19. The largest absolute Gasteiger partial charge is 0.508 e. The summed E-state index contributed by atoms with van der Waals surface area (Å²) in [6.07, 6.45) is -0.529. The average Bonchev–Trinajstić information content (AvgIpc) is 2.63. The highest BCUT2D eigenvalue weighted by Gasteiger charge is 2.19. The van der Waals surface area contributed by atoms with Gasteiger partial charge in [0.05, 0.1) is 0 Å². The molecule has 2 aromatic carbocycles. The first-order chi connectivity index (χ1) is 12.1. The molecule has 0 spiro atoms. The van der Waals surface area contributed by atoms with Crippen molar-refractivity contribution in [3.63, 3.8) is 0 Å². The summed E-state index contributed by atoms with van der Waals surface area (Å²) in [6, 6.07) is 15.1. The maximum absolute atomic E-state index is 10.2. The molecule has 5 nitrogen and oxygen atoms in total. The van der Waals surface area contributed by atoms with Crippen LogP contribution < -0.4 is 9.64 Å². The minimum atomic E-state index is -0.529. The van der Waals surface area contributed by atoms with E-state index in [0.717, 1.165) is 26.2 Å². The molecule has 1 saturated heterocycles. The number of hydrogen-bond acceptors (Lipinski definition) is 5. The zero-order valence-electron chi connectivity index (χ0n) is 14.0. The smallest absolute Gasteiger partial charge is 0.119 e. The van der Waals surface area contributed by atoms with Gasteiger partial charge in [-0.25, -0.2) is 0 Å². The van der Waals surface area contributed by atoms with Crippen molar-refractivity contribution in [3.05, 3.63) is 52.1 Å². The number of ether oxygens (including phenoxy) is 1. The number of aliphatic hydroxyl groups is 1. The van der Waals surface area contributed by atoms with Crippen LogP contribution in [0, 0.1) is 3.57 Å².